The Morgan fingerprint density at radius 3 is 2.26 bits per heavy atom. The number of halogens is 1. The van der Waals surface area contributed by atoms with Crippen LogP contribution in [-0.2, 0) is 10.2 Å². The summed E-state index contributed by atoms with van der Waals surface area (Å²) < 4.78 is 19.1. The summed E-state index contributed by atoms with van der Waals surface area (Å²) >= 11 is 0. The van der Waals surface area contributed by atoms with Gasteiger partial charge in [-0.25, -0.2) is 4.39 Å². The van der Waals surface area contributed by atoms with Crippen LogP contribution in [0.15, 0.2) is 48.5 Å². The summed E-state index contributed by atoms with van der Waals surface area (Å²) in [5, 5.41) is 3.07. The molecule has 0 aromatic heterocycles. The molecule has 0 spiro atoms. The lowest BCUT2D eigenvalue weighted by Gasteiger charge is -2.36. The van der Waals surface area contributed by atoms with Gasteiger partial charge in [0.25, 0.3) is 0 Å². The van der Waals surface area contributed by atoms with E-state index in [1.54, 1.807) is 12.1 Å². The van der Waals surface area contributed by atoms with Crippen molar-refractivity contribution in [1.82, 2.24) is 0 Å². The van der Waals surface area contributed by atoms with E-state index in [4.69, 9.17) is 4.74 Å². The maximum atomic E-state index is 13.4. The van der Waals surface area contributed by atoms with E-state index in [0.717, 1.165) is 49.1 Å². The van der Waals surface area contributed by atoms with E-state index in [9.17, 15) is 9.18 Å². The van der Waals surface area contributed by atoms with Crippen molar-refractivity contribution in [2.75, 3.05) is 11.9 Å². The summed E-state index contributed by atoms with van der Waals surface area (Å²) in [4.78, 5) is 13.2. The van der Waals surface area contributed by atoms with Crippen LogP contribution in [0.5, 0.6) is 5.75 Å². The van der Waals surface area contributed by atoms with Crippen LogP contribution in [-0.4, -0.2) is 12.5 Å². The highest BCUT2D eigenvalue weighted by atomic mass is 19.1. The summed E-state index contributed by atoms with van der Waals surface area (Å²) in [6.07, 6.45) is 4.73. The molecule has 4 heteroatoms. The third kappa shape index (κ3) is 4.68. The van der Waals surface area contributed by atoms with Crippen LogP contribution < -0.4 is 10.1 Å². The van der Waals surface area contributed by atoms with E-state index in [-0.39, 0.29) is 11.7 Å². The lowest BCUT2D eigenvalue weighted by atomic mass is 9.68. The highest BCUT2D eigenvalue weighted by molar-refractivity contribution is 5.99. The van der Waals surface area contributed by atoms with E-state index in [1.165, 1.54) is 12.1 Å². The monoisotopic (exact) mass is 369 g/mol. The number of nitrogens with one attached hydrogen (secondary N) is 1. The largest absolute Gasteiger partial charge is 0.493 e. The molecule has 0 atom stereocenters. The quantitative estimate of drug-likeness (QED) is 0.709. The van der Waals surface area contributed by atoms with E-state index in [0.29, 0.717) is 12.5 Å². The van der Waals surface area contributed by atoms with Crippen LogP contribution >= 0.6 is 0 Å². The summed E-state index contributed by atoms with van der Waals surface area (Å²) in [6, 6.07) is 13.9. The molecular weight excluding hydrogens is 341 g/mol. The van der Waals surface area contributed by atoms with Crippen molar-refractivity contribution >= 4 is 11.6 Å². The first-order valence-electron chi connectivity index (χ1n) is 9.80. The van der Waals surface area contributed by atoms with Crippen LogP contribution in [0, 0.1) is 11.7 Å². The van der Waals surface area contributed by atoms with Crippen molar-refractivity contribution in [3.63, 3.8) is 0 Å². The van der Waals surface area contributed by atoms with Crippen LogP contribution in [0.4, 0.5) is 10.1 Å². The SMILES string of the molecule is CC(C)COc1ccc(NC(=O)C2(c3ccc(F)cc3)CCCCC2)cc1. The van der Waals surface area contributed by atoms with Gasteiger partial charge in [-0.05, 0) is 60.7 Å². The highest BCUT2D eigenvalue weighted by Crippen LogP contribution is 2.40. The summed E-state index contributed by atoms with van der Waals surface area (Å²) in [6.45, 7) is 4.88. The molecule has 0 bridgehead atoms. The van der Waals surface area contributed by atoms with Gasteiger partial charge in [-0.3, -0.25) is 4.79 Å². The molecule has 0 saturated heterocycles. The van der Waals surface area contributed by atoms with Crippen LogP contribution in [0.2, 0.25) is 0 Å². The van der Waals surface area contributed by atoms with Gasteiger partial charge in [-0.1, -0.05) is 45.2 Å². The standard InChI is InChI=1S/C23H28FNO2/c1-17(2)16-27-21-12-10-20(11-13-21)25-22(26)23(14-4-3-5-15-23)18-6-8-19(24)9-7-18/h6-13,17H,3-5,14-16H2,1-2H3,(H,25,26). The normalized spacial score (nSPS) is 16.1. The van der Waals surface area contributed by atoms with Crippen LogP contribution in [0.3, 0.4) is 0 Å². The molecule has 3 rings (SSSR count). The van der Waals surface area contributed by atoms with Crippen LogP contribution in [0.25, 0.3) is 0 Å². The van der Waals surface area contributed by atoms with Crippen molar-refractivity contribution in [2.45, 2.75) is 51.4 Å². The Kier molecular flexibility index (Phi) is 6.15. The molecule has 1 aliphatic carbocycles. The van der Waals surface area contributed by atoms with E-state index in [1.807, 2.05) is 24.3 Å². The van der Waals surface area contributed by atoms with Gasteiger partial charge in [0.15, 0.2) is 0 Å². The van der Waals surface area contributed by atoms with E-state index >= 15 is 0 Å². The van der Waals surface area contributed by atoms with Gasteiger partial charge in [0, 0.05) is 5.69 Å². The second kappa shape index (κ2) is 8.55. The number of amides is 1. The summed E-state index contributed by atoms with van der Waals surface area (Å²) in [5.74, 6) is 0.977. The van der Waals surface area contributed by atoms with Gasteiger partial charge in [0.1, 0.15) is 11.6 Å². The van der Waals surface area contributed by atoms with Crippen molar-refractivity contribution < 1.29 is 13.9 Å². The number of rotatable bonds is 6. The lowest BCUT2D eigenvalue weighted by Crippen LogP contribution is -2.42. The Labute approximate surface area is 160 Å². The third-order valence-corrected chi connectivity index (χ3v) is 5.23. The molecule has 1 aliphatic rings. The summed E-state index contributed by atoms with van der Waals surface area (Å²) in [7, 11) is 0. The molecule has 0 heterocycles. The third-order valence-electron chi connectivity index (χ3n) is 5.23. The molecule has 0 unspecified atom stereocenters. The second-order valence-corrected chi connectivity index (χ2v) is 7.83. The molecule has 27 heavy (non-hydrogen) atoms. The number of ether oxygens (including phenoxy) is 1. The first-order valence-corrected chi connectivity index (χ1v) is 9.80. The van der Waals surface area contributed by atoms with Crippen molar-refractivity contribution in [3.8, 4) is 5.75 Å². The zero-order valence-corrected chi connectivity index (χ0v) is 16.1. The molecule has 0 radical (unpaired) electrons. The minimum Gasteiger partial charge on any atom is -0.493 e. The topological polar surface area (TPSA) is 38.3 Å². The molecular formula is C23H28FNO2. The second-order valence-electron chi connectivity index (χ2n) is 7.83. The van der Waals surface area contributed by atoms with E-state index in [2.05, 4.69) is 19.2 Å². The van der Waals surface area contributed by atoms with Gasteiger partial charge in [0.05, 0.1) is 12.0 Å². The molecule has 0 aliphatic heterocycles. The lowest BCUT2D eigenvalue weighted by molar-refractivity contribution is -0.122. The van der Waals surface area contributed by atoms with Crippen molar-refractivity contribution in [2.24, 2.45) is 5.92 Å². The Hall–Kier alpha value is -2.36. The molecule has 1 fully saturated rings. The maximum absolute atomic E-state index is 13.4. The number of benzene rings is 2. The number of hydrogen-bond donors (Lipinski definition) is 1. The van der Waals surface area contributed by atoms with Crippen molar-refractivity contribution in [1.29, 1.82) is 0 Å². The Morgan fingerprint density at radius 1 is 1.04 bits per heavy atom. The van der Waals surface area contributed by atoms with Crippen LogP contribution in [0.1, 0.15) is 51.5 Å². The highest BCUT2D eigenvalue weighted by Gasteiger charge is 2.41. The number of anilines is 1. The average molecular weight is 369 g/mol. The molecule has 2 aromatic rings. The fourth-order valence-electron chi connectivity index (χ4n) is 3.72. The molecule has 144 valence electrons. The average Bonchev–Trinajstić information content (AvgIpc) is 2.68. The molecule has 3 nitrogen and oxygen atoms in total. The minimum atomic E-state index is -0.585. The molecule has 2 aromatic carbocycles. The first-order chi connectivity index (χ1) is 13.0. The smallest absolute Gasteiger partial charge is 0.235 e. The minimum absolute atomic E-state index is 0.00958. The zero-order chi connectivity index (χ0) is 19.3. The Morgan fingerprint density at radius 2 is 1.67 bits per heavy atom. The summed E-state index contributed by atoms with van der Waals surface area (Å²) in [5.41, 5.74) is 1.07. The fourth-order valence-corrected chi connectivity index (χ4v) is 3.72. The molecule has 1 N–H and O–H groups in total. The number of hydrogen-bond acceptors (Lipinski definition) is 2. The number of carbonyl (C=O) groups is 1. The van der Waals surface area contributed by atoms with Crippen molar-refractivity contribution in [3.05, 3.63) is 59.9 Å². The Balaban J connectivity index is 1.76. The van der Waals surface area contributed by atoms with Gasteiger partial charge < -0.3 is 10.1 Å². The van der Waals surface area contributed by atoms with Gasteiger partial charge >= 0.3 is 0 Å². The predicted octanol–water partition coefficient (Wildman–Crippen LogP) is 5.70. The zero-order valence-electron chi connectivity index (χ0n) is 16.1. The fraction of sp³-hybridized carbons (Fsp3) is 0.435. The Bertz CT molecular complexity index is 747. The van der Waals surface area contributed by atoms with Gasteiger partial charge in [0.2, 0.25) is 5.91 Å². The first kappa shape index (κ1) is 19.4. The maximum Gasteiger partial charge on any atom is 0.235 e. The van der Waals surface area contributed by atoms with Gasteiger partial charge in [-0.15, -0.1) is 0 Å². The van der Waals surface area contributed by atoms with Gasteiger partial charge in [-0.2, -0.15) is 0 Å². The predicted molar refractivity (Wildman–Crippen MR) is 107 cm³/mol. The molecule has 1 amide bonds. The van der Waals surface area contributed by atoms with E-state index < -0.39 is 5.41 Å². The molecule has 1 saturated carbocycles. The number of carbonyl (C=O) groups excluding carboxylic acids is 1.